The molecule has 2 aliphatic carbocycles. The standard InChI is InChI=1S/C13H20F3NO2/c14-13(15,16)10-5-3-9(4-6-10)12(19)17-7-11(18)8-1-2-8/h8-11,18H,1-7H2,(H,17,19). The van der Waals surface area contributed by atoms with Crippen molar-refractivity contribution in [2.75, 3.05) is 6.54 Å². The number of aliphatic hydroxyl groups excluding tert-OH is 1. The maximum Gasteiger partial charge on any atom is 0.391 e. The first-order chi connectivity index (χ1) is 8.88. The van der Waals surface area contributed by atoms with Gasteiger partial charge in [-0.1, -0.05) is 0 Å². The zero-order chi connectivity index (χ0) is 14.0. The van der Waals surface area contributed by atoms with E-state index < -0.39 is 18.2 Å². The summed E-state index contributed by atoms with van der Waals surface area (Å²) in [6.45, 7) is 0.225. The number of alkyl halides is 3. The van der Waals surface area contributed by atoms with E-state index >= 15 is 0 Å². The van der Waals surface area contributed by atoms with Crippen molar-refractivity contribution in [3.63, 3.8) is 0 Å². The fourth-order valence-electron chi connectivity index (χ4n) is 2.68. The summed E-state index contributed by atoms with van der Waals surface area (Å²) < 4.78 is 37.5. The summed E-state index contributed by atoms with van der Waals surface area (Å²) in [6, 6.07) is 0. The lowest BCUT2D eigenvalue weighted by molar-refractivity contribution is -0.184. The summed E-state index contributed by atoms with van der Waals surface area (Å²) in [5.41, 5.74) is 0. The van der Waals surface area contributed by atoms with E-state index in [-0.39, 0.29) is 44.1 Å². The molecule has 2 rings (SSSR count). The largest absolute Gasteiger partial charge is 0.391 e. The predicted octanol–water partition coefficient (Wildman–Crippen LogP) is 2.24. The van der Waals surface area contributed by atoms with Crippen LogP contribution in [0.4, 0.5) is 13.2 Å². The third kappa shape index (κ3) is 4.09. The highest BCUT2D eigenvalue weighted by Crippen LogP contribution is 2.39. The molecule has 1 amide bonds. The van der Waals surface area contributed by atoms with Crippen LogP contribution in [0.3, 0.4) is 0 Å². The molecule has 3 nitrogen and oxygen atoms in total. The number of halogens is 3. The third-order valence-corrected chi connectivity index (χ3v) is 4.21. The van der Waals surface area contributed by atoms with Gasteiger partial charge in [-0.15, -0.1) is 0 Å². The molecular formula is C13H20F3NO2. The Morgan fingerprint density at radius 2 is 1.74 bits per heavy atom. The first kappa shape index (κ1) is 14.6. The van der Waals surface area contributed by atoms with Crippen LogP contribution in [-0.2, 0) is 4.79 Å². The highest BCUT2D eigenvalue weighted by molar-refractivity contribution is 5.78. The minimum Gasteiger partial charge on any atom is -0.391 e. The summed E-state index contributed by atoms with van der Waals surface area (Å²) in [6.07, 6.45) is -2.01. The van der Waals surface area contributed by atoms with E-state index in [1.54, 1.807) is 0 Å². The average molecular weight is 279 g/mol. The second kappa shape index (κ2) is 5.69. The predicted molar refractivity (Wildman–Crippen MR) is 63.2 cm³/mol. The van der Waals surface area contributed by atoms with Crippen molar-refractivity contribution in [2.45, 2.75) is 50.8 Å². The van der Waals surface area contributed by atoms with Crippen LogP contribution >= 0.6 is 0 Å². The molecule has 2 N–H and O–H groups in total. The molecule has 110 valence electrons. The first-order valence-electron chi connectivity index (χ1n) is 6.90. The third-order valence-electron chi connectivity index (χ3n) is 4.21. The van der Waals surface area contributed by atoms with Crippen LogP contribution in [0.1, 0.15) is 38.5 Å². The molecule has 0 bridgehead atoms. The van der Waals surface area contributed by atoms with E-state index in [1.165, 1.54) is 0 Å². The number of carbonyl (C=O) groups excluding carboxylic acids is 1. The van der Waals surface area contributed by atoms with Crippen molar-refractivity contribution in [3.05, 3.63) is 0 Å². The average Bonchev–Trinajstić information content (AvgIpc) is 3.19. The van der Waals surface area contributed by atoms with E-state index in [0.717, 1.165) is 12.8 Å². The molecule has 0 heterocycles. The molecule has 1 atom stereocenters. The molecule has 0 spiro atoms. The van der Waals surface area contributed by atoms with E-state index in [0.29, 0.717) is 5.92 Å². The van der Waals surface area contributed by atoms with Gasteiger partial charge in [0.05, 0.1) is 12.0 Å². The highest BCUT2D eigenvalue weighted by atomic mass is 19.4. The quantitative estimate of drug-likeness (QED) is 0.829. The first-order valence-corrected chi connectivity index (χ1v) is 6.90. The van der Waals surface area contributed by atoms with E-state index in [9.17, 15) is 23.1 Å². The molecule has 0 aromatic carbocycles. The van der Waals surface area contributed by atoms with Crippen molar-refractivity contribution < 1.29 is 23.1 Å². The molecule has 0 aromatic rings. The second-order valence-corrected chi connectivity index (χ2v) is 5.74. The molecule has 0 saturated heterocycles. The number of rotatable bonds is 4. The Morgan fingerprint density at radius 3 is 2.21 bits per heavy atom. The van der Waals surface area contributed by atoms with Crippen molar-refractivity contribution in [1.29, 1.82) is 0 Å². The van der Waals surface area contributed by atoms with Gasteiger partial charge in [0, 0.05) is 12.5 Å². The summed E-state index contributed by atoms with van der Waals surface area (Å²) in [5.74, 6) is -1.50. The Labute approximate surface area is 110 Å². The minimum absolute atomic E-state index is 0.0345. The van der Waals surface area contributed by atoms with Crippen LogP contribution < -0.4 is 5.32 Å². The van der Waals surface area contributed by atoms with Crippen molar-refractivity contribution in [2.24, 2.45) is 17.8 Å². The van der Waals surface area contributed by atoms with E-state index in [1.807, 2.05) is 0 Å². The maximum absolute atomic E-state index is 12.5. The van der Waals surface area contributed by atoms with Crippen LogP contribution in [-0.4, -0.2) is 29.8 Å². The highest BCUT2D eigenvalue weighted by Gasteiger charge is 2.42. The number of hydrogen-bond acceptors (Lipinski definition) is 2. The van der Waals surface area contributed by atoms with Gasteiger partial charge in [-0.3, -0.25) is 4.79 Å². The smallest absolute Gasteiger partial charge is 0.391 e. The molecule has 0 radical (unpaired) electrons. The van der Waals surface area contributed by atoms with E-state index in [4.69, 9.17) is 0 Å². The lowest BCUT2D eigenvalue weighted by Gasteiger charge is -2.29. The Morgan fingerprint density at radius 1 is 1.16 bits per heavy atom. The van der Waals surface area contributed by atoms with Gasteiger partial charge in [0.1, 0.15) is 0 Å². The topological polar surface area (TPSA) is 49.3 Å². The van der Waals surface area contributed by atoms with Gasteiger partial charge < -0.3 is 10.4 Å². The molecule has 6 heteroatoms. The SMILES string of the molecule is O=C(NCC(O)C1CC1)C1CCC(C(F)(F)F)CC1. The summed E-state index contributed by atoms with van der Waals surface area (Å²) >= 11 is 0. The number of amides is 1. The van der Waals surface area contributed by atoms with Crippen LogP contribution in [0.5, 0.6) is 0 Å². The van der Waals surface area contributed by atoms with Crippen LogP contribution in [0.2, 0.25) is 0 Å². The molecule has 2 saturated carbocycles. The zero-order valence-corrected chi connectivity index (χ0v) is 10.7. The van der Waals surface area contributed by atoms with Crippen molar-refractivity contribution in [3.8, 4) is 0 Å². The van der Waals surface area contributed by atoms with Gasteiger partial charge >= 0.3 is 6.18 Å². The molecule has 0 aromatic heterocycles. The lowest BCUT2D eigenvalue weighted by atomic mass is 9.81. The molecular weight excluding hydrogens is 259 g/mol. The Balaban J connectivity index is 1.70. The Kier molecular flexibility index (Phi) is 4.38. The van der Waals surface area contributed by atoms with Crippen LogP contribution in [0, 0.1) is 17.8 Å². The Bertz CT molecular complexity index is 320. The van der Waals surface area contributed by atoms with E-state index in [2.05, 4.69) is 5.32 Å². The van der Waals surface area contributed by atoms with Crippen LogP contribution in [0.15, 0.2) is 0 Å². The maximum atomic E-state index is 12.5. The molecule has 2 fully saturated rings. The van der Waals surface area contributed by atoms with Crippen molar-refractivity contribution in [1.82, 2.24) is 5.32 Å². The minimum atomic E-state index is -4.14. The number of hydrogen-bond donors (Lipinski definition) is 2. The number of aliphatic hydroxyl groups is 1. The summed E-state index contributed by atoms with van der Waals surface area (Å²) in [4.78, 5) is 11.8. The van der Waals surface area contributed by atoms with Gasteiger partial charge in [0.15, 0.2) is 0 Å². The fraction of sp³-hybridized carbons (Fsp3) is 0.923. The van der Waals surface area contributed by atoms with Gasteiger partial charge in [0.25, 0.3) is 0 Å². The molecule has 2 aliphatic rings. The monoisotopic (exact) mass is 279 g/mol. The van der Waals surface area contributed by atoms with Crippen molar-refractivity contribution >= 4 is 5.91 Å². The van der Waals surface area contributed by atoms with Gasteiger partial charge in [-0.05, 0) is 44.4 Å². The Hall–Kier alpha value is -0.780. The van der Waals surface area contributed by atoms with Gasteiger partial charge in [-0.2, -0.15) is 13.2 Å². The number of nitrogens with one attached hydrogen (secondary N) is 1. The fourth-order valence-corrected chi connectivity index (χ4v) is 2.68. The normalized spacial score (nSPS) is 29.9. The summed E-state index contributed by atoms with van der Waals surface area (Å²) in [5, 5.41) is 12.3. The lowest BCUT2D eigenvalue weighted by Crippen LogP contribution is -2.39. The second-order valence-electron chi connectivity index (χ2n) is 5.74. The van der Waals surface area contributed by atoms with Gasteiger partial charge in [-0.25, -0.2) is 0 Å². The molecule has 1 unspecified atom stereocenters. The zero-order valence-electron chi connectivity index (χ0n) is 10.7. The number of carbonyl (C=O) groups is 1. The summed E-state index contributed by atoms with van der Waals surface area (Å²) in [7, 11) is 0. The van der Waals surface area contributed by atoms with Crippen LogP contribution in [0.25, 0.3) is 0 Å². The molecule has 0 aliphatic heterocycles. The molecule has 19 heavy (non-hydrogen) atoms. The van der Waals surface area contributed by atoms with Gasteiger partial charge in [0.2, 0.25) is 5.91 Å².